The molecule has 1 aromatic rings. The first-order valence-corrected chi connectivity index (χ1v) is 5.54. The second-order valence-corrected chi connectivity index (χ2v) is 4.16. The minimum atomic E-state index is -0.955. The van der Waals surface area contributed by atoms with E-state index in [2.05, 4.69) is 5.32 Å². The molecule has 0 heterocycles. The van der Waals surface area contributed by atoms with Crippen molar-refractivity contribution in [1.82, 2.24) is 0 Å². The first-order chi connectivity index (χ1) is 8.86. The summed E-state index contributed by atoms with van der Waals surface area (Å²) >= 11 is 0. The van der Waals surface area contributed by atoms with Crippen molar-refractivity contribution in [2.45, 2.75) is 19.9 Å². The molecule has 0 radical (unpaired) electrons. The molecule has 0 bridgehead atoms. The topological polar surface area (TPSA) is 116 Å². The molecule has 1 aromatic carbocycles. The summed E-state index contributed by atoms with van der Waals surface area (Å²) < 4.78 is 0. The van der Waals surface area contributed by atoms with Gasteiger partial charge < -0.3 is 10.4 Å². The molecule has 0 saturated carbocycles. The Morgan fingerprint density at radius 1 is 1.53 bits per heavy atom. The number of carboxylic acid groups (broad SMARTS) is 1. The number of hydrogen-bond donors (Lipinski definition) is 2. The lowest BCUT2D eigenvalue weighted by Crippen LogP contribution is -2.29. The summed E-state index contributed by atoms with van der Waals surface area (Å²) in [6.45, 7) is 3.21. The number of hydrogen-bond acceptors (Lipinski definition) is 5. The second-order valence-electron chi connectivity index (χ2n) is 4.16. The first-order valence-electron chi connectivity index (χ1n) is 5.54. The van der Waals surface area contributed by atoms with Gasteiger partial charge in [0.15, 0.2) is 0 Å². The number of nitro groups is 1. The third kappa shape index (κ3) is 3.42. The Morgan fingerprint density at radius 3 is 2.63 bits per heavy atom. The van der Waals surface area contributed by atoms with Crippen LogP contribution in [0.4, 0.5) is 11.4 Å². The lowest BCUT2D eigenvalue weighted by atomic mass is 10.0. The van der Waals surface area contributed by atoms with Crippen molar-refractivity contribution in [3.63, 3.8) is 0 Å². The number of carboxylic acids is 1. The normalized spacial score (nSPS) is 13.1. The molecule has 2 N–H and O–H groups in total. The van der Waals surface area contributed by atoms with Crippen LogP contribution in [0.2, 0.25) is 0 Å². The van der Waals surface area contributed by atoms with E-state index in [-0.39, 0.29) is 11.3 Å². The van der Waals surface area contributed by atoms with Crippen LogP contribution in [-0.2, 0) is 4.79 Å². The van der Waals surface area contributed by atoms with Crippen molar-refractivity contribution >= 4 is 17.3 Å². The van der Waals surface area contributed by atoms with Crippen molar-refractivity contribution in [3.8, 4) is 6.07 Å². The fourth-order valence-corrected chi connectivity index (χ4v) is 1.47. The van der Waals surface area contributed by atoms with Gasteiger partial charge >= 0.3 is 5.97 Å². The van der Waals surface area contributed by atoms with Gasteiger partial charge in [0.2, 0.25) is 0 Å². The predicted molar refractivity (Wildman–Crippen MR) is 67.7 cm³/mol. The monoisotopic (exact) mass is 263 g/mol. The molecule has 0 aliphatic heterocycles. The standard InChI is InChI=1S/C12H13N3O4/c1-7(12(16)17)8(2)14-10-4-3-9(6-13)11(5-10)15(18)19/h3-5,7-8,14H,1-2H3,(H,16,17). The Kier molecular flexibility index (Phi) is 4.42. The maximum atomic E-state index is 10.8. The van der Waals surface area contributed by atoms with E-state index in [1.54, 1.807) is 13.0 Å². The van der Waals surface area contributed by atoms with Crippen molar-refractivity contribution in [1.29, 1.82) is 5.26 Å². The van der Waals surface area contributed by atoms with Crippen LogP contribution in [0.1, 0.15) is 19.4 Å². The number of anilines is 1. The van der Waals surface area contributed by atoms with Crippen LogP contribution < -0.4 is 5.32 Å². The van der Waals surface area contributed by atoms with Gasteiger partial charge in [-0.15, -0.1) is 0 Å². The van der Waals surface area contributed by atoms with Crippen LogP contribution >= 0.6 is 0 Å². The first kappa shape index (κ1) is 14.4. The van der Waals surface area contributed by atoms with E-state index in [9.17, 15) is 14.9 Å². The SMILES string of the molecule is CC(Nc1ccc(C#N)c([N+](=O)[O-])c1)C(C)C(=O)O. The number of carbonyl (C=O) groups is 1. The zero-order chi connectivity index (χ0) is 14.6. The number of nitrogens with one attached hydrogen (secondary N) is 1. The molecule has 2 atom stereocenters. The highest BCUT2D eigenvalue weighted by atomic mass is 16.6. The lowest BCUT2D eigenvalue weighted by Gasteiger charge is -2.18. The molecule has 0 aliphatic carbocycles. The average Bonchev–Trinajstić information content (AvgIpc) is 2.37. The minimum absolute atomic E-state index is 0.0329. The molecule has 2 unspecified atom stereocenters. The number of rotatable bonds is 5. The molecular weight excluding hydrogens is 250 g/mol. The summed E-state index contributed by atoms with van der Waals surface area (Å²) in [4.78, 5) is 21.0. The molecule has 0 saturated heterocycles. The summed E-state index contributed by atoms with van der Waals surface area (Å²) in [5.74, 6) is -1.60. The van der Waals surface area contributed by atoms with Gasteiger partial charge in [-0.1, -0.05) is 0 Å². The van der Waals surface area contributed by atoms with Crippen LogP contribution in [0.5, 0.6) is 0 Å². The number of nitro benzene ring substituents is 1. The molecule has 100 valence electrons. The number of aliphatic carboxylic acids is 1. The molecular formula is C12H13N3O4. The molecule has 0 aromatic heterocycles. The Labute approximate surface area is 109 Å². The second kappa shape index (κ2) is 5.82. The largest absolute Gasteiger partial charge is 0.481 e. The van der Waals surface area contributed by atoms with E-state index in [1.165, 1.54) is 25.1 Å². The highest BCUT2D eigenvalue weighted by molar-refractivity contribution is 5.71. The minimum Gasteiger partial charge on any atom is -0.481 e. The predicted octanol–water partition coefficient (Wildman–Crippen LogP) is 1.99. The van der Waals surface area contributed by atoms with E-state index >= 15 is 0 Å². The van der Waals surface area contributed by atoms with E-state index in [4.69, 9.17) is 10.4 Å². The zero-order valence-corrected chi connectivity index (χ0v) is 10.5. The zero-order valence-electron chi connectivity index (χ0n) is 10.5. The number of nitriles is 1. The van der Waals surface area contributed by atoms with Gasteiger partial charge in [0.05, 0.1) is 10.8 Å². The number of nitrogens with zero attached hydrogens (tertiary/aromatic N) is 2. The molecule has 7 nitrogen and oxygen atoms in total. The van der Waals surface area contributed by atoms with Gasteiger partial charge in [-0.25, -0.2) is 0 Å². The van der Waals surface area contributed by atoms with Crippen LogP contribution in [-0.4, -0.2) is 22.0 Å². The van der Waals surface area contributed by atoms with Gasteiger partial charge in [0, 0.05) is 17.8 Å². The van der Waals surface area contributed by atoms with Gasteiger partial charge in [0.25, 0.3) is 5.69 Å². The summed E-state index contributed by atoms with van der Waals surface area (Å²) in [7, 11) is 0. The van der Waals surface area contributed by atoms with Gasteiger partial charge in [-0.2, -0.15) is 5.26 Å². The summed E-state index contributed by atoms with van der Waals surface area (Å²) in [6, 6.07) is 5.41. The Bertz CT molecular complexity index is 550. The Balaban J connectivity index is 2.98. The highest BCUT2D eigenvalue weighted by Crippen LogP contribution is 2.23. The third-order valence-corrected chi connectivity index (χ3v) is 2.85. The Hall–Kier alpha value is -2.62. The van der Waals surface area contributed by atoms with Crippen LogP contribution in [0.25, 0.3) is 0 Å². The van der Waals surface area contributed by atoms with Crippen LogP contribution in [0, 0.1) is 27.4 Å². The van der Waals surface area contributed by atoms with E-state index in [0.29, 0.717) is 5.69 Å². The highest BCUT2D eigenvalue weighted by Gasteiger charge is 2.20. The van der Waals surface area contributed by atoms with Gasteiger partial charge in [0.1, 0.15) is 11.6 Å². The summed E-state index contributed by atoms with van der Waals surface area (Å²) in [6.07, 6.45) is 0. The molecule has 19 heavy (non-hydrogen) atoms. The summed E-state index contributed by atoms with van der Waals surface area (Å²) in [5, 5.41) is 31.3. The summed E-state index contributed by atoms with van der Waals surface area (Å²) in [5.41, 5.74) is 0.0727. The fourth-order valence-electron chi connectivity index (χ4n) is 1.47. The van der Waals surface area contributed by atoms with Crippen LogP contribution in [0.15, 0.2) is 18.2 Å². The quantitative estimate of drug-likeness (QED) is 0.619. The van der Waals surface area contributed by atoms with E-state index in [0.717, 1.165) is 0 Å². The smallest absolute Gasteiger partial charge is 0.308 e. The van der Waals surface area contributed by atoms with Crippen molar-refractivity contribution in [2.75, 3.05) is 5.32 Å². The molecule has 1 rings (SSSR count). The molecule has 7 heteroatoms. The molecule has 0 fully saturated rings. The van der Waals surface area contributed by atoms with Crippen LogP contribution in [0.3, 0.4) is 0 Å². The maximum absolute atomic E-state index is 10.8. The van der Waals surface area contributed by atoms with E-state index in [1.807, 2.05) is 0 Å². The molecule has 0 amide bonds. The average molecular weight is 263 g/mol. The van der Waals surface area contributed by atoms with Gasteiger partial charge in [-0.05, 0) is 26.0 Å². The lowest BCUT2D eigenvalue weighted by molar-refractivity contribution is -0.385. The maximum Gasteiger partial charge on any atom is 0.308 e. The van der Waals surface area contributed by atoms with Crippen molar-refractivity contribution < 1.29 is 14.8 Å². The Morgan fingerprint density at radius 2 is 2.16 bits per heavy atom. The van der Waals surface area contributed by atoms with E-state index < -0.39 is 22.9 Å². The van der Waals surface area contributed by atoms with Crippen molar-refractivity contribution in [3.05, 3.63) is 33.9 Å². The fraction of sp³-hybridized carbons (Fsp3) is 0.333. The number of benzene rings is 1. The van der Waals surface area contributed by atoms with Crippen molar-refractivity contribution in [2.24, 2.45) is 5.92 Å². The molecule has 0 spiro atoms. The molecule has 0 aliphatic rings. The third-order valence-electron chi connectivity index (χ3n) is 2.85. The van der Waals surface area contributed by atoms with Gasteiger partial charge in [-0.3, -0.25) is 14.9 Å².